The van der Waals surface area contributed by atoms with Gasteiger partial charge in [0.2, 0.25) is 5.91 Å². The van der Waals surface area contributed by atoms with E-state index in [0.29, 0.717) is 6.54 Å². The molecule has 3 aromatic rings. The predicted octanol–water partition coefficient (Wildman–Crippen LogP) is 3.07. The topological polar surface area (TPSA) is 69.0 Å². The minimum Gasteiger partial charge on any atom is -0.497 e. The summed E-state index contributed by atoms with van der Waals surface area (Å²) in [6, 6.07) is 15.9. The van der Waals surface area contributed by atoms with Crippen LogP contribution in [-0.4, -0.2) is 34.6 Å². The average Bonchev–Trinajstić information content (AvgIpc) is 3.33. The molecular formula is C21H24N4O2. The van der Waals surface area contributed by atoms with Crippen molar-refractivity contribution in [2.45, 2.75) is 37.6 Å². The van der Waals surface area contributed by atoms with Crippen LogP contribution in [0.5, 0.6) is 5.75 Å². The Kier molecular flexibility index (Phi) is 4.79. The van der Waals surface area contributed by atoms with Crippen LogP contribution in [0.25, 0.3) is 11.0 Å². The molecule has 1 aliphatic rings. The highest BCUT2D eigenvalue weighted by Crippen LogP contribution is 2.41. The average molecular weight is 364 g/mol. The Bertz CT molecular complexity index is 894. The summed E-state index contributed by atoms with van der Waals surface area (Å²) in [4.78, 5) is 14.0. The van der Waals surface area contributed by atoms with E-state index in [9.17, 15) is 4.79 Å². The van der Waals surface area contributed by atoms with E-state index >= 15 is 0 Å². The summed E-state index contributed by atoms with van der Waals surface area (Å²) in [7, 11) is 1.67. The zero-order chi connectivity index (χ0) is 18.7. The first-order chi connectivity index (χ1) is 13.2. The first-order valence-corrected chi connectivity index (χ1v) is 9.40. The second-order valence-corrected chi connectivity index (χ2v) is 7.21. The molecule has 0 unspecified atom stereocenters. The zero-order valence-electron chi connectivity index (χ0n) is 15.5. The maximum Gasteiger partial charge on any atom is 0.243 e. The van der Waals surface area contributed by atoms with Crippen molar-refractivity contribution in [3.05, 3.63) is 54.1 Å². The molecule has 27 heavy (non-hydrogen) atoms. The number of carbonyl (C=O) groups excluding carboxylic acids is 1. The molecule has 0 atom stereocenters. The Hall–Kier alpha value is -2.89. The maximum atomic E-state index is 12.5. The molecule has 6 heteroatoms. The molecule has 6 nitrogen and oxygen atoms in total. The molecule has 1 heterocycles. The number of benzene rings is 2. The van der Waals surface area contributed by atoms with Gasteiger partial charge in [0, 0.05) is 12.0 Å². The second-order valence-electron chi connectivity index (χ2n) is 7.21. The largest absolute Gasteiger partial charge is 0.497 e. The number of carbonyl (C=O) groups is 1. The van der Waals surface area contributed by atoms with Gasteiger partial charge in [-0.15, -0.1) is 0 Å². The number of aromatic nitrogens is 3. The molecule has 1 fully saturated rings. The number of nitrogens with one attached hydrogen (secondary N) is 1. The van der Waals surface area contributed by atoms with E-state index < -0.39 is 0 Å². The minimum atomic E-state index is -0.0601. The van der Waals surface area contributed by atoms with Crippen LogP contribution < -0.4 is 10.1 Å². The lowest BCUT2D eigenvalue weighted by atomic mass is 9.78. The molecule has 0 radical (unpaired) electrons. The van der Waals surface area contributed by atoms with Gasteiger partial charge in [-0.05, 0) is 42.7 Å². The second kappa shape index (κ2) is 7.39. The van der Waals surface area contributed by atoms with Crippen molar-refractivity contribution in [3.8, 4) is 5.75 Å². The first kappa shape index (κ1) is 17.5. The number of methoxy groups -OCH3 is 1. The minimum absolute atomic E-state index is 0.00416. The number of fused-ring (bicyclic) bond motifs is 1. The van der Waals surface area contributed by atoms with E-state index in [1.165, 1.54) is 23.2 Å². The normalized spacial score (nSPS) is 15.7. The van der Waals surface area contributed by atoms with E-state index in [1.54, 1.807) is 7.11 Å². The highest BCUT2D eigenvalue weighted by Gasteiger charge is 2.35. The van der Waals surface area contributed by atoms with Crippen molar-refractivity contribution >= 4 is 16.9 Å². The van der Waals surface area contributed by atoms with Crippen molar-refractivity contribution in [3.63, 3.8) is 0 Å². The molecule has 1 saturated carbocycles. The van der Waals surface area contributed by atoms with Crippen LogP contribution >= 0.6 is 0 Å². The molecule has 1 amide bonds. The summed E-state index contributed by atoms with van der Waals surface area (Å²) >= 11 is 0. The quantitative estimate of drug-likeness (QED) is 0.730. The Labute approximate surface area is 158 Å². The number of nitrogens with zero attached hydrogens (tertiary/aromatic N) is 3. The van der Waals surface area contributed by atoms with Crippen molar-refractivity contribution in [1.29, 1.82) is 0 Å². The summed E-state index contributed by atoms with van der Waals surface area (Å²) < 4.78 is 5.27. The number of ether oxygens (including phenoxy) is 1. The molecule has 0 aliphatic heterocycles. The molecule has 1 aromatic heterocycles. The third-order valence-electron chi connectivity index (χ3n) is 5.50. The number of hydrogen-bond acceptors (Lipinski definition) is 4. The fourth-order valence-electron chi connectivity index (χ4n) is 3.99. The Balaban J connectivity index is 1.43. The lowest BCUT2D eigenvalue weighted by Crippen LogP contribution is -2.40. The van der Waals surface area contributed by atoms with Crippen LogP contribution in [0.4, 0.5) is 0 Å². The summed E-state index contributed by atoms with van der Waals surface area (Å²) in [5, 5.41) is 11.8. The highest BCUT2D eigenvalue weighted by atomic mass is 16.5. The lowest BCUT2D eigenvalue weighted by molar-refractivity contribution is -0.122. The van der Waals surface area contributed by atoms with E-state index in [1.807, 2.05) is 36.4 Å². The molecule has 1 N–H and O–H groups in total. The van der Waals surface area contributed by atoms with Crippen LogP contribution in [-0.2, 0) is 16.8 Å². The number of hydrogen-bond donors (Lipinski definition) is 1. The van der Waals surface area contributed by atoms with Crippen molar-refractivity contribution in [1.82, 2.24) is 20.3 Å². The third-order valence-corrected chi connectivity index (χ3v) is 5.50. The predicted molar refractivity (Wildman–Crippen MR) is 104 cm³/mol. The van der Waals surface area contributed by atoms with Gasteiger partial charge in [-0.2, -0.15) is 15.0 Å². The lowest BCUT2D eigenvalue weighted by Gasteiger charge is -2.30. The number of amides is 1. The zero-order valence-corrected chi connectivity index (χ0v) is 15.5. The standard InChI is InChI=1S/C21H24N4O2/c1-27-17-10-8-16(9-11-17)21(12-4-5-13-21)15-22-20(26)14-25-23-18-6-2-3-7-19(18)24-25/h2-3,6-11H,4-5,12-15H2,1H3,(H,22,26). The summed E-state index contributed by atoms with van der Waals surface area (Å²) in [6.45, 7) is 0.770. The molecule has 2 aromatic carbocycles. The van der Waals surface area contributed by atoms with Gasteiger partial charge in [0.1, 0.15) is 23.3 Å². The summed E-state index contributed by atoms with van der Waals surface area (Å²) in [6.07, 6.45) is 4.55. The van der Waals surface area contributed by atoms with Gasteiger partial charge in [0.15, 0.2) is 0 Å². The van der Waals surface area contributed by atoms with Gasteiger partial charge in [0.25, 0.3) is 0 Å². The molecule has 4 rings (SSSR count). The molecule has 0 spiro atoms. The number of rotatable bonds is 6. The molecule has 0 bridgehead atoms. The fourth-order valence-corrected chi connectivity index (χ4v) is 3.99. The van der Waals surface area contributed by atoms with E-state index in [0.717, 1.165) is 29.6 Å². The van der Waals surface area contributed by atoms with Crippen molar-refractivity contribution < 1.29 is 9.53 Å². The van der Waals surface area contributed by atoms with Gasteiger partial charge >= 0.3 is 0 Å². The SMILES string of the molecule is COc1ccc(C2(CNC(=O)Cn3nc4ccccc4n3)CCCC2)cc1. The Morgan fingerprint density at radius 2 is 1.70 bits per heavy atom. The maximum absolute atomic E-state index is 12.5. The van der Waals surface area contributed by atoms with Crippen LogP contribution in [0.15, 0.2) is 48.5 Å². The van der Waals surface area contributed by atoms with Crippen molar-refractivity contribution in [2.24, 2.45) is 0 Å². The summed E-state index contributed by atoms with van der Waals surface area (Å²) in [5.41, 5.74) is 2.88. The third kappa shape index (κ3) is 3.65. The molecule has 0 saturated heterocycles. The fraction of sp³-hybridized carbons (Fsp3) is 0.381. The highest BCUT2D eigenvalue weighted by molar-refractivity contribution is 5.77. The van der Waals surface area contributed by atoms with Crippen LogP contribution in [0.3, 0.4) is 0 Å². The van der Waals surface area contributed by atoms with Crippen LogP contribution in [0.2, 0.25) is 0 Å². The van der Waals surface area contributed by atoms with E-state index in [-0.39, 0.29) is 17.9 Å². The van der Waals surface area contributed by atoms with Gasteiger partial charge in [0.05, 0.1) is 7.11 Å². The van der Waals surface area contributed by atoms with Gasteiger partial charge in [-0.25, -0.2) is 0 Å². The van der Waals surface area contributed by atoms with Gasteiger partial charge in [-0.3, -0.25) is 4.79 Å². The monoisotopic (exact) mass is 364 g/mol. The van der Waals surface area contributed by atoms with E-state index in [2.05, 4.69) is 27.6 Å². The Morgan fingerprint density at radius 1 is 1.07 bits per heavy atom. The van der Waals surface area contributed by atoms with Crippen LogP contribution in [0.1, 0.15) is 31.2 Å². The smallest absolute Gasteiger partial charge is 0.243 e. The summed E-state index contributed by atoms with van der Waals surface area (Å²) in [5.74, 6) is 0.794. The van der Waals surface area contributed by atoms with Gasteiger partial charge in [-0.1, -0.05) is 37.1 Å². The van der Waals surface area contributed by atoms with E-state index in [4.69, 9.17) is 4.74 Å². The van der Waals surface area contributed by atoms with Crippen molar-refractivity contribution in [2.75, 3.05) is 13.7 Å². The van der Waals surface area contributed by atoms with Gasteiger partial charge < -0.3 is 10.1 Å². The molecular weight excluding hydrogens is 340 g/mol. The molecule has 140 valence electrons. The Morgan fingerprint density at radius 3 is 2.30 bits per heavy atom. The first-order valence-electron chi connectivity index (χ1n) is 9.40. The van der Waals surface area contributed by atoms with Crippen LogP contribution in [0, 0.1) is 0 Å². The molecule has 1 aliphatic carbocycles.